The fourth-order valence-corrected chi connectivity index (χ4v) is 2.90. The maximum absolute atomic E-state index is 12.4. The first-order valence-electron chi connectivity index (χ1n) is 6.79. The number of hydrogen-bond donors (Lipinski definition) is 2. The zero-order valence-electron chi connectivity index (χ0n) is 11.3. The lowest BCUT2D eigenvalue weighted by Gasteiger charge is -2.37. The van der Waals surface area contributed by atoms with Crippen LogP contribution in [-0.2, 0) is 0 Å². The SMILES string of the molecule is CN(C(=O)c1cc[nH]c(=O)c1)C1CCCCC1CN. The van der Waals surface area contributed by atoms with E-state index in [1.807, 2.05) is 7.05 Å². The van der Waals surface area contributed by atoms with E-state index in [1.54, 1.807) is 11.0 Å². The summed E-state index contributed by atoms with van der Waals surface area (Å²) in [4.78, 5) is 27.9. The number of aromatic nitrogens is 1. The molecule has 1 saturated carbocycles. The number of nitrogens with one attached hydrogen (secondary N) is 1. The van der Waals surface area contributed by atoms with E-state index in [1.165, 1.54) is 18.7 Å². The molecule has 2 rings (SSSR count). The molecule has 1 aliphatic carbocycles. The average Bonchev–Trinajstić information content (AvgIpc) is 2.45. The Morgan fingerprint density at radius 1 is 1.47 bits per heavy atom. The van der Waals surface area contributed by atoms with Crippen molar-refractivity contribution in [3.05, 3.63) is 34.2 Å². The highest BCUT2D eigenvalue weighted by molar-refractivity contribution is 5.94. The van der Waals surface area contributed by atoms with Gasteiger partial charge < -0.3 is 15.6 Å². The highest BCUT2D eigenvalue weighted by atomic mass is 16.2. The summed E-state index contributed by atoms with van der Waals surface area (Å²) in [7, 11) is 1.81. The van der Waals surface area contributed by atoms with Gasteiger partial charge in [0.15, 0.2) is 0 Å². The van der Waals surface area contributed by atoms with Crippen molar-refractivity contribution >= 4 is 5.91 Å². The van der Waals surface area contributed by atoms with Crippen molar-refractivity contribution in [3.63, 3.8) is 0 Å². The summed E-state index contributed by atoms with van der Waals surface area (Å²) in [5, 5.41) is 0. The van der Waals surface area contributed by atoms with Crippen molar-refractivity contribution in [1.29, 1.82) is 0 Å². The molecule has 0 radical (unpaired) electrons. The van der Waals surface area contributed by atoms with Crippen LogP contribution < -0.4 is 11.3 Å². The average molecular weight is 263 g/mol. The maximum atomic E-state index is 12.4. The van der Waals surface area contributed by atoms with Gasteiger partial charge in [0, 0.05) is 30.9 Å². The summed E-state index contributed by atoms with van der Waals surface area (Å²) >= 11 is 0. The van der Waals surface area contributed by atoms with Crippen LogP contribution in [-0.4, -0.2) is 35.4 Å². The molecule has 19 heavy (non-hydrogen) atoms. The molecule has 2 unspecified atom stereocenters. The molecule has 3 N–H and O–H groups in total. The Labute approximate surface area is 112 Å². The molecule has 0 bridgehead atoms. The Morgan fingerprint density at radius 2 is 2.21 bits per heavy atom. The molecular formula is C14H21N3O2. The third kappa shape index (κ3) is 3.04. The van der Waals surface area contributed by atoms with E-state index in [4.69, 9.17) is 5.73 Å². The third-order valence-electron chi connectivity index (χ3n) is 4.01. The smallest absolute Gasteiger partial charge is 0.254 e. The lowest BCUT2D eigenvalue weighted by atomic mass is 9.83. The minimum Gasteiger partial charge on any atom is -0.338 e. The first kappa shape index (κ1) is 13.8. The van der Waals surface area contributed by atoms with E-state index >= 15 is 0 Å². The zero-order chi connectivity index (χ0) is 13.8. The third-order valence-corrected chi connectivity index (χ3v) is 4.01. The lowest BCUT2D eigenvalue weighted by Crippen LogP contribution is -2.46. The van der Waals surface area contributed by atoms with Gasteiger partial charge in [-0.3, -0.25) is 9.59 Å². The topological polar surface area (TPSA) is 79.2 Å². The van der Waals surface area contributed by atoms with Crippen LogP contribution in [0, 0.1) is 5.92 Å². The number of aromatic amines is 1. The molecule has 1 heterocycles. The minimum absolute atomic E-state index is 0.101. The second-order valence-corrected chi connectivity index (χ2v) is 5.21. The second kappa shape index (κ2) is 6.02. The van der Waals surface area contributed by atoms with Crippen LogP contribution in [0.2, 0.25) is 0 Å². The predicted octanol–water partition coefficient (Wildman–Crippen LogP) is 0.964. The van der Waals surface area contributed by atoms with Gasteiger partial charge in [0.05, 0.1) is 0 Å². The Balaban J connectivity index is 2.16. The van der Waals surface area contributed by atoms with Crippen LogP contribution in [0.25, 0.3) is 0 Å². The van der Waals surface area contributed by atoms with Gasteiger partial charge in [-0.15, -0.1) is 0 Å². The van der Waals surface area contributed by atoms with E-state index in [0.717, 1.165) is 19.3 Å². The van der Waals surface area contributed by atoms with E-state index in [-0.39, 0.29) is 17.5 Å². The zero-order valence-corrected chi connectivity index (χ0v) is 11.3. The number of H-pyrrole nitrogens is 1. The van der Waals surface area contributed by atoms with Gasteiger partial charge in [0.1, 0.15) is 0 Å². The van der Waals surface area contributed by atoms with Crippen LogP contribution >= 0.6 is 0 Å². The molecule has 0 aromatic carbocycles. The number of amides is 1. The largest absolute Gasteiger partial charge is 0.338 e. The van der Waals surface area contributed by atoms with Crippen LogP contribution in [0.5, 0.6) is 0 Å². The van der Waals surface area contributed by atoms with Gasteiger partial charge in [0.2, 0.25) is 5.56 Å². The molecule has 1 fully saturated rings. The number of carbonyl (C=O) groups excluding carboxylic acids is 1. The van der Waals surface area contributed by atoms with Crippen molar-refractivity contribution in [2.75, 3.05) is 13.6 Å². The first-order valence-corrected chi connectivity index (χ1v) is 6.79. The summed E-state index contributed by atoms with van der Waals surface area (Å²) in [5.41, 5.74) is 5.99. The molecule has 0 spiro atoms. The molecule has 1 aromatic heterocycles. The molecule has 1 aliphatic rings. The summed E-state index contributed by atoms with van der Waals surface area (Å²) in [5.74, 6) is 0.265. The van der Waals surface area contributed by atoms with Crippen molar-refractivity contribution in [3.8, 4) is 0 Å². The van der Waals surface area contributed by atoms with Crippen molar-refractivity contribution < 1.29 is 4.79 Å². The summed E-state index contributed by atoms with van der Waals surface area (Å²) in [6.07, 6.45) is 5.89. The Bertz CT molecular complexity index is 497. The van der Waals surface area contributed by atoms with Crippen molar-refractivity contribution in [2.45, 2.75) is 31.7 Å². The van der Waals surface area contributed by atoms with E-state index < -0.39 is 0 Å². The number of nitrogens with two attached hydrogens (primary N) is 1. The Morgan fingerprint density at radius 3 is 2.89 bits per heavy atom. The summed E-state index contributed by atoms with van der Waals surface area (Å²) in [6.45, 7) is 0.609. The monoisotopic (exact) mass is 263 g/mol. The van der Waals surface area contributed by atoms with Gasteiger partial charge >= 0.3 is 0 Å². The second-order valence-electron chi connectivity index (χ2n) is 5.21. The molecule has 0 aliphatic heterocycles. The van der Waals surface area contributed by atoms with Crippen LogP contribution in [0.4, 0.5) is 0 Å². The standard InChI is InChI=1S/C14H21N3O2/c1-17(12-5-3-2-4-11(12)9-15)14(19)10-6-7-16-13(18)8-10/h6-8,11-12H,2-5,9,15H2,1H3,(H,16,18). The number of hydrogen-bond acceptors (Lipinski definition) is 3. The molecule has 104 valence electrons. The number of pyridine rings is 1. The van der Waals surface area contributed by atoms with Crippen molar-refractivity contribution in [2.24, 2.45) is 11.7 Å². The van der Waals surface area contributed by atoms with Gasteiger partial charge in [0.25, 0.3) is 5.91 Å². The Kier molecular flexibility index (Phi) is 4.37. The highest BCUT2D eigenvalue weighted by Crippen LogP contribution is 2.27. The fourth-order valence-electron chi connectivity index (χ4n) is 2.90. The Hall–Kier alpha value is -1.62. The molecule has 1 aromatic rings. The number of carbonyl (C=O) groups is 1. The van der Waals surface area contributed by atoms with Crippen molar-refractivity contribution in [1.82, 2.24) is 9.88 Å². The fraction of sp³-hybridized carbons (Fsp3) is 0.571. The molecule has 1 amide bonds. The highest BCUT2D eigenvalue weighted by Gasteiger charge is 2.30. The first-order chi connectivity index (χ1) is 9.13. The lowest BCUT2D eigenvalue weighted by molar-refractivity contribution is 0.0620. The van der Waals surface area contributed by atoms with Crippen LogP contribution in [0.1, 0.15) is 36.0 Å². The molecule has 2 atom stereocenters. The van der Waals surface area contributed by atoms with E-state index in [9.17, 15) is 9.59 Å². The molecular weight excluding hydrogens is 242 g/mol. The van der Waals surface area contributed by atoms with Crippen LogP contribution in [0.15, 0.2) is 23.1 Å². The summed E-state index contributed by atoms with van der Waals surface area (Å²) < 4.78 is 0. The number of rotatable bonds is 3. The van der Waals surface area contributed by atoms with E-state index in [0.29, 0.717) is 18.0 Å². The maximum Gasteiger partial charge on any atom is 0.254 e. The molecule has 5 heteroatoms. The van der Waals surface area contributed by atoms with Gasteiger partial charge in [-0.2, -0.15) is 0 Å². The van der Waals surface area contributed by atoms with E-state index in [2.05, 4.69) is 4.98 Å². The molecule has 0 saturated heterocycles. The normalized spacial score (nSPS) is 23.1. The van der Waals surface area contributed by atoms with Gasteiger partial charge in [-0.25, -0.2) is 0 Å². The molecule has 5 nitrogen and oxygen atoms in total. The quantitative estimate of drug-likeness (QED) is 0.852. The number of nitrogens with zero attached hydrogens (tertiary/aromatic N) is 1. The van der Waals surface area contributed by atoms with Gasteiger partial charge in [-0.05, 0) is 31.4 Å². The minimum atomic E-state index is -0.252. The van der Waals surface area contributed by atoms with Crippen LogP contribution in [0.3, 0.4) is 0 Å². The van der Waals surface area contributed by atoms with Gasteiger partial charge in [-0.1, -0.05) is 12.8 Å². The predicted molar refractivity (Wildman–Crippen MR) is 74.0 cm³/mol. The summed E-state index contributed by atoms with van der Waals surface area (Å²) in [6, 6.07) is 3.17.